The van der Waals surface area contributed by atoms with Gasteiger partial charge in [0.25, 0.3) is 10.0 Å². The zero-order valence-electron chi connectivity index (χ0n) is 17.0. The molecule has 1 aliphatic heterocycles. The van der Waals surface area contributed by atoms with Gasteiger partial charge in [0, 0.05) is 18.4 Å². The number of aromatic nitrogens is 1. The van der Waals surface area contributed by atoms with E-state index >= 15 is 0 Å². The maximum absolute atomic E-state index is 13.2. The Morgan fingerprint density at radius 3 is 2.55 bits per heavy atom. The SMILES string of the molecule is CCO[C@H]1O[C@H](CO)[C@@H](O)C[C@H]1Oc1cn(S(=O)(=O)c2ccccc2)c2ccccc12. The lowest BCUT2D eigenvalue weighted by Gasteiger charge is -2.38. The lowest BCUT2D eigenvalue weighted by molar-refractivity contribution is -0.263. The van der Waals surface area contributed by atoms with E-state index < -0.39 is 34.6 Å². The Balaban J connectivity index is 1.72. The summed E-state index contributed by atoms with van der Waals surface area (Å²) in [5, 5.41) is 20.3. The number of hydrogen-bond donors (Lipinski definition) is 2. The Morgan fingerprint density at radius 1 is 1.13 bits per heavy atom. The van der Waals surface area contributed by atoms with Crippen LogP contribution in [0.5, 0.6) is 5.75 Å². The lowest BCUT2D eigenvalue weighted by atomic mass is 10.0. The summed E-state index contributed by atoms with van der Waals surface area (Å²) in [6, 6.07) is 15.2. The summed E-state index contributed by atoms with van der Waals surface area (Å²) < 4.78 is 45.1. The first-order valence-corrected chi connectivity index (χ1v) is 11.5. The monoisotopic (exact) mass is 447 g/mol. The number of benzene rings is 2. The number of ether oxygens (including phenoxy) is 3. The van der Waals surface area contributed by atoms with Crippen LogP contribution in [0.25, 0.3) is 10.9 Å². The molecule has 2 aromatic carbocycles. The van der Waals surface area contributed by atoms with Crippen molar-refractivity contribution in [3.05, 3.63) is 60.8 Å². The third kappa shape index (κ3) is 4.19. The van der Waals surface area contributed by atoms with Crippen LogP contribution in [0.2, 0.25) is 0 Å². The molecule has 4 atom stereocenters. The average molecular weight is 448 g/mol. The van der Waals surface area contributed by atoms with Crippen LogP contribution in [-0.4, -0.2) is 60.4 Å². The molecule has 1 saturated heterocycles. The molecule has 31 heavy (non-hydrogen) atoms. The minimum Gasteiger partial charge on any atom is -0.483 e. The number of rotatable bonds is 7. The third-order valence-corrected chi connectivity index (χ3v) is 6.93. The zero-order chi connectivity index (χ0) is 22.0. The fourth-order valence-corrected chi connectivity index (χ4v) is 5.09. The van der Waals surface area contributed by atoms with Crippen molar-refractivity contribution in [2.75, 3.05) is 13.2 Å². The minimum atomic E-state index is -3.84. The molecule has 2 heterocycles. The molecule has 1 fully saturated rings. The van der Waals surface area contributed by atoms with Gasteiger partial charge in [-0.1, -0.05) is 30.3 Å². The van der Waals surface area contributed by atoms with Gasteiger partial charge in [0.1, 0.15) is 11.9 Å². The Kier molecular flexibility index (Phi) is 6.31. The quantitative estimate of drug-likeness (QED) is 0.571. The van der Waals surface area contributed by atoms with Crippen LogP contribution in [-0.2, 0) is 19.5 Å². The molecule has 0 spiro atoms. The predicted molar refractivity (Wildman–Crippen MR) is 113 cm³/mol. The standard InChI is InChI=1S/C22H25NO7S/c1-2-28-22-19(12-18(25)21(14-24)30-22)29-20-13-23(17-11-7-6-10-16(17)20)31(26,27)15-8-4-3-5-9-15/h3-11,13,18-19,21-22,24-25H,2,12,14H2,1H3/t18-,19+,21+,22-/m0/s1. The minimum absolute atomic E-state index is 0.164. The van der Waals surface area contributed by atoms with Crippen molar-refractivity contribution in [2.24, 2.45) is 0 Å². The summed E-state index contributed by atoms with van der Waals surface area (Å²) in [6.07, 6.45) is -1.60. The first kappa shape index (κ1) is 21.8. The van der Waals surface area contributed by atoms with Crippen LogP contribution in [0.4, 0.5) is 0 Å². The van der Waals surface area contributed by atoms with Crippen molar-refractivity contribution in [2.45, 2.75) is 42.8 Å². The van der Waals surface area contributed by atoms with Crippen molar-refractivity contribution in [1.29, 1.82) is 0 Å². The van der Waals surface area contributed by atoms with Crippen LogP contribution in [0.15, 0.2) is 65.7 Å². The highest BCUT2D eigenvalue weighted by Gasteiger charge is 2.39. The van der Waals surface area contributed by atoms with Gasteiger partial charge >= 0.3 is 0 Å². The van der Waals surface area contributed by atoms with E-state index in [-0.39, 0.29) is 17.9 Å². The van der Waals surface area contributed by atoms with E-state index in [1.807, 2.05) is 0 Å². The van der Waals surface area contributed by atoms with E-state index in [1.54, 1.807) is 49.4 Å². The maximum Gasteiger partial charge on any atom is 0.268 e. The molecule has 0 radical (unpaired) electrons. The second-order valence-electron chi connectivity index (χ2n) is 7.26. The maximum atomic E-state index is 13.2. The van der Waals surface area contributed by atoms with Crippen molar-refractivity contribution in [1.82, 2.24) is 3.97 Å². The van der Waals surface area contributed by atoms with Gasteiger partial charge in [0.15, 0.2) is 12.4 Å². The second-order valence-corrected chi connectivity index (χ2v) is 9.08. The van der Waals surface area contributed by atoms with E-state index in [4.69, 9.17) is 14.2 Å². The molecular weight excluding hydrogens is 422 g/mol. The van der Waals surface area contributed by atoms with Crippen LogP contribution >= 0.6 is 0 Å². The van der Waals surface area contributed by atoms with Gasteiger partial charge in [-0.15, -0.1) is 0 Å². The highest BCUT2D eigenvalue weighted by molar-refractivity contribution is 7.90. The Bertz CT molecular complexity index is 1130. The first-order chi connectivity index (χ1) is 15.0. The van der Waals surface area contributed by atoms with Crippen molar-refractivity contribution in [3.63, 3.8) is 0 Å². The van der Waals surface area contributed by atoms with E-state index in [0.717, 1.165) is 0 Å². The molecule has 9 heteroatoms. The second kappa shape index (κ2) is 8.97. The Hall–Kier alpha value is -2.43. The van der Waals surface area contributed by atoms with Gasteiger partial charge in [-0.3, -0.25) is 0 Å². The number of fused-ring (bicyclic) bond motifs is 1. The fourth-order valence-electron chi connectivity index (χ4n) is 3.71. The summed E-state index contributed by atoms with van der Waals surface area (Å²) in [5.74, 6) is 0.336. The zero-order valence-corrected chi connectivity index (χ0v) is 17.8. The van der Waals surface area contributed by atoms with E-state index in [9.17, 15) is 18.6 Å². The highest BCUT2D eigenvalue weighted by atomic mass is 32.2. The number of para-hydroxylation sites is 1. The van der Waals surface area contributed by atoms with Gasteiger partial charge in [0.2, 0.25) is 0 Å². The van der Waals surface area contributed by atoms with Crippen molar-refractivity contribution >= 4 is 20.9 Å². The third-order valence-electron chi connectivity index (χ3n) is 5.25. The van der Waals surface area contributed by atoms with E-state index in [0.29, 0.717) is 23.3 Å². The number of nitrogens with zero attached hydrogens (tertiary/aromatic N) is 1. The van der Waals surface area contributed by atoms with Gasteiger partial charge in [-0.05, 0) is 31.2 Å². The molecule has 1 aliphatic rings. The van der Waals surface area contributed by atoms with Gasteiger partial charge in [-0.25, -0.2) is 12.4 Å². The molecule has 0 aliphatic carbocycles. The molecule has 0 amide bonds. The van der Waals surface area contributed by atoms with Gasteiger partial charge < -0.3 is 24.4 Å². The van der Waals surface area contributed by atoms with E-state index in [1.165, 1.54) is 22.3 Å². The summed E-state index contributed by atoms with van der Waals surface area (Å²) in [5.41, 5.74) is 0.472. The molecule has 2 N–H and O–H groups in total. The molecule has 166 valence electrons. The summed E-state index contributed by atoms with van der Waals surface area (Å²) in [6.45, 7) is 1.81. The molecular formula is C22H25NO7S. The van der Waals surface area contributed by atoms with Crippen molar-refractivity contribution in [3.8, 4) is 5.75 Å². The first-order valence-electron chi connectivity index (χ1n) is 10.1. The number of aliphatic hydroxyl groups is 2. The molecule has 0 bridgehead atoms. The summed E-state index contributed by atoms with van der Waals surface area (Å²) in [7, 11) is -3.84. The lowest BCUT2D eigenvalue weighted by Crippen LogP contribution is -2.51. The fraction of sp³-hybridized carbons (Fsp3) is 0.364. The normalized spacial score (nSPS) is 24.4. The Labute approximate surface area is 180 Å². The highest BCUT2D eigenvalue weighted by Crippen LogP contribution is 2.34. The van der Waals surface area contributed by atoms with Crippen LogP contribution in [0, 0.1) is 0 Å². The van der Waals surface area contributed by atoms with Crippen LogP contribution in [0.1, 0.15) is 13.3 Å². The molecule has 0 unspecified atom stereocenters. The number of aliphatic hydroxyl groups excluding tert-OH is 2. The van der Waals surface area contributed by atoms with Gasteiger partial charge in [-0.2, -0.15) is 0 Å². The largest absolute Gasteiger partial charge is 0.483 e. The smallest absolute Gasteiger partial charge is 0.268 e. The summed E-state index contributed by atoms with van der Waals surface area (Å²) in [4.78, 5) is 0.164. The molecule has 1 aromatic heterocycles. The Morgan fingerprint density at radius 2 is 1.84 bits per heavy atom. The topological polar surface area (TPSA) is 107 Å². The summed E-state index contributed by atoms with van der Waals surface area (Å²) >= 11 is 0. The molecule has 4 rings (SSSR count). The van der Waals surface area contributed by atoms with Crippen LogP contribution < -0.4 is 4.74 Å². The molecule has 8 nitrogen and oxygen atoms in total. The van der Waals surface area contributed by atoms with Crippen molar-refractivity contribution < 1.29 is 32.8 Å². The average Bonchev–Trinajstić information content (AvgIpc) is 3.15. The molecule has 3 aromatic rings. The van der Waals surface area contributed by atoms with Crippen LogP contribution in [0.3, 0.4) is 0 Å². The number of hydrogen-bond acceptors (Lipinski definition) is 7. The van der Waals surface area contributed by atoms with E-state index in [2.05, 4.69) is 0 Å². The molecule has 0 saturated carbocycles. The van der Waals surface area contributed by atoms with Gasteiger partial charge in [0.05, 0.1) is 29.3 Å². The predicted octanol–water partition coefficient (Wildman–Crippen LogP) is 2.13.